The number of carbonyl (C=O) groups excluding carboxylic acids is 1. The zero-order valence-corrected chi connectivity index (χ0v) is 15.3. The fraction of sp³-hybridized carbons (Fsp3) is 0.421. The zero-order chi connectivity index (χ0) is 19.1. The average molecular weight is 373 g/mol. The number of nitrogens with zero attached hydrogens (tertiary/aromatic N) is 2. The molecule has 1 aliphatic rings. The molecular formula is C19H23N3O5. The Kier molecular flexibility index (Phi) is 6.56. The number of benzene rings is 1. The van der Waals surface area contributed by atoms with Gasteiger partial charge in [0.2, 0.25) is 5.95 Å². The monoisotopic (exact) mass is 373 g/mol. The first kappa shape index (κ1) is 19.1. The SMILES string of the molecule is CCOC(=O)c1nc(N2CCOCC2)[nH]c(=O)c1COCc1ccccc1. The molecule has 0 saturated carbocycles. The molecule has 0 radical (unpaired) electrons. The molecule has 8 heteroatoms. The lowest BCUT2D eigenvalue weighted by atomic mass is 10.2. The van der Waals surface area contributed by atoms with Crippen molar-refractivity contribution in [2.45, 2.75) is 20.1 Å². The lowest BCUT2D eigenvalue weighted by Gasteiger charge is -2.27. The Labute approximate surface area is 157 Å². The lowest BCUT2D eigenvalue weighted by Crippen LogP contribution is -2.39. The van der Waals surface area contributed by atoms with Gasteiger partial charge in [0.05, 0.1) is 38.6 Å². The molecule has 2 heterocycles. The molecule has 144 valence electrons. The number of rotatable bonds is 7. The van der Waals surface area contributed by atoms with Crippen LogP contribution in [0.3, 0.4) is 0 Å². The summed E-state index contributed by atoms with van der Waals surface area (Å²) in [5.41, 5.74) is 0.740. The number of aromatic amines is 1. The van der Waals surface area contributed by atoms with Gasteiger partial charge in [-0.3, -0.25) is 9.78 Å². The molecule has 0 amide bonds. The second kappa shape index (κ2) is 9.29. The minimum atomic E-state index is -0.628. The van der Waals surface area contributed by atoms with Crippen LogP contribution in [0.25, 0.3) is 0 Å². The number of ether oxygens (including phenoxy) is 3. The van der Waals surface area contributed by atoms with Crippen molar-refractivity contribution in [2.75, 3.05) is 37.8 Å². The summed E-state index contributed by atoms with van der Waals surface area (Å²) >= 11 is 0. The smallest absolute Gasteiger partial charge is 0.357 e. The fourth-order valence-electron chi connectivity index (χ4n) is 2.76. The Balaban J connectivity index is 1.82. The van der Waals surface area contributed by atoms with Crippen molar-refractivity contribution in [3.63, 3.8) is 0 Å². The molecule has 3 rings (SSSR count). The summed E-state index contributed by atoms with van der Waals surface area (Å²) in [5.74, 6) is -0.283. The van der Waals surface area contributed by atoms with Crippen LogP contribution in [0, 0.1) is 0 Å². The topological polar surface area (TPSA) is 93.7 Å². The summed E-state index contributed by atoms with van der Waals surface area (Å²) < 4.78 is 16.0. The second-order valence-corrected chi connectivity index (χ2v) is 6.01. The minimum Gasteiger partial charge on any atom is -0.461 e. The summed E-state index contributed by atoms with van der Waals surface area (Å²) in [7, 11) is 0. The van der Waals surface area contributed by atoms with Crippen molar-refractivity contribution in [1.29, 1.82) is 0 Å². The van der Waals surface area contributed by atoms with Crippen molar-refractivity contribution >= 4 is 11.9 Å². The van der Waals surface area contributed by atoms with Crippen LogP contribution in [0.4, 0.5) is 5.95 Å². The average Bonchev–Trinajstić information content (AvgIpc) is 2.70. The molecule has 1 fully saturated rings. The van der Waals surface area contributed by atoms with Gasteiger partial charge in [-0.1, -0.05) is 30.3 Å². The van der Waals surface area contributed by atoms with Gasteiger partial charge in [-0.15, -0.1) is 0 Å². The molecule has 27 heavy (non-hydrogen) atoms. The van der Waals surface area contributed by atoms with Gasteiger partial charge >= 0.3 is 5.97 Å². The molecule has 1 aromatic heterocycles. The molecule has 1 aromatic carbocycles. The van der Waals surface area contributed by atoms with E-state index < -0.39 is 11.5 Å². The highest BCUT2D eigenvalue weighted by atomic mass is 16.5. The van der Waals surface area contributed by atoms with E-state index in [2.05, 4.69) is 9.97 Å². The predicted octanol–water partition coefficient (Wildman–Crippen LogP) is 1.50. The van der Waals surface area contributed by atoms with Gasteiger partial charge in [-0.05, 0) is 12.5 Å². The Morgan fingerprint density at radius 1 is 1.22 bits per heavy atom. The van der Waals surface area contributed by atoms with Crippen molar-refractivity contribution < 1.29 is 19.0 Å². The highest BCUT2D eigenvalue weighted by molar-refractivity contribution is 5.89. The molecule has 0 bridgehead atoms. The summed E-state index contributed by atoms with van der Waals surface area (Å²) in [6.07, 6.45) is 0. The normalized spacial score (nSPS) is 14.2. The number of aromatic nitrogens is 2. The first-order chi connectivity index (χ1) is 13.2. The van der Waals surface area contributed by atoms with E-state index >= 15 is 0 Å². The third-order valence-corrected chi connectivity index (χ3v) is 4.14. The van der Waals surface area contributed by atoms with E-state index in [1.54, 1.807) is 6.92 Å². The number of hydrogen-bond acceptors (Lipinski definition) is 7. The van der Waals surface area contributed by atoms with Crippen molar-refractivity contribution in [1.82, 2.24) is 9.97 Å². The third-order valence-electron chi connectivity index (χ3n) is 4.14. The molecule has 0 atom stereocenters. The summed E-state index contributed by atoms with van der Waals surface area (Å²) in [5, 5.41) is 0. The van der Waals surface area contributed by atoms with Crippen LogP contribution in [0.1, 0.15) is 28.5 Å². The summed E-state index contributed by atoms with van der Waals surface area (Å²) in [4.78, 5) is 33.9. The van der Waals surface area contributed by atoms with E-state index in [9.17, 15) is 9.59 Å². The fourth-order valence-corrected chi connectivity index (χ4v) is 2.76. The van der Waals surface area contributed by atoms with Crippen molar-refractivity contribution in [2.24, 2.45) is 0 Å². The summed E-state index contributed by atoms with van der Waals surface area (Å²) in [6, 6.07) is 9.59. The van der Waals surface area contributed by atoms with Crippen LogP contribution in [0.15, 0.2) is 35.1 Å². The number of carbonyl (C=O) groups is 1. The van der Waals surface area contributed by atoms with Crippen LogP contribution in [0.2, 0.25) is 0 Å². The number of hydrogen-bond donors (Lipinski definition) is 1. The second-order valence-electron chi connectivity index (χ2n) is 6.01. The van der Waals surface area contributed by atoms with E-state index in [0.717, 1.165) is 5.56 Å². The number of anilines is 1. The van der Waals surface area contributed by atoms with Gasteiger partial charge in [0.25, 0.3) is 5.56 Å². The highest BCUT2D eigenvalue weighted by Crippen LogP contribution is 2.13. The van der Waals surface area contributed by atoms with E-state index in [-0.39, 0.29) is 24.5 Å². The number of H-pyrrole nitrogens is 1. The van der Waals surface area contributed by atoms with Gasteiger partial charge in [0.1, 0.15) is 0 Å². The standard InChI is InChI=1S/C19H23N3O5/c1-2-27-18(24)16-15(13-26-12-14-6-4-3-5-7-14)17(23)21-19(20-16)22-8-10-25-11-9-22/h3-7H,2,8-13H2,1H3,(H,20,21,23). The van der Waals surface area contributed by atoms with Crippen LogP contribution < -0.4 is 10.5 Å². The molecule has 1 N–H and O–H groups in total. The van der Waals surface area contributed by atoms with E-state index in [1.165, 1.54) is 0 Å². The molecule has 8 nitrogen and oxygen atoms in total. The van der Waals surface area contributed by atoms with Crippen molar-refractivity contribution in [3.8, 4) is 0 Å². The van der Waals surface area contributed by atoms with E-state index in [0.29, 0.717) is 38.9 Å². The molecule has 1 saturated heterocycles. The number of morpholine rings is 1. The number of nitrogens with one attached hydrogen (secondary N) is 1. The largest absolute Gasteiger partial charge is 0.461 e. The summed E-state index contributed by atoms with van der Waals surface area (Å²) in [6.45, 7) is 4.47. The van der Waals surface area contributed by atoms with Crippen LogP contribution in [-0.2, 0) is 27.4 Å². The van der Waals surface area contributed by atoms with Crippen LogP contribution in [0.5, 0.6) is 0 Å². The Morgan fingerprint density at radius 2 is 1.96 bits per heavy atom. The molecule has 2 aromatic rings. The van der Waals surface area contributed by atoms with Gasteiger partial charge in [0, 0.05) is 13.1 Å². The van der Waals surface area contributed by atoms with Crippen LogP contribution >= 0.6 is 0 Å². The Bertz CT molecular complexity index is 816. The Hall–Kier alpha value is -2.71. The minimum absolute atomic E-state index is 0.00449. The maximum atomic E-state index is 12.6. The van der Waals surface area contributed by atoms with Gasteiger partial charge in [-0.25, -0.2) is 9.78 Å². The third kappa shape index (κ3) is 4.93. The zero-order valence-electron chi connectivity index (χ0n) is 15.3. The molecule has 0 aliphatic carbocycles. The molecule has 0 unspecified atom stereocenters. The predicted molar refractivity (Wildman–Crippen MR) is 98.8 cm³/mol. The highest BCUT2D eigenvalue weighted by Gasteiger charge is 2.22. The number of esters is 1. The van der Waals surface area contributed by atoms with Gasteiger partial charge in [-0.2, -0.15) is 0 Å². The van der Waals surface area contributed by atoms with E-state index in [4.69, 9.17) is 14.2 Å². The molecule has 0 spiro atoms. The van der Waals surface area contributed by atoms with Gasteiger partial charge < -0.3 is 19.1 Å². The maximum Gasteiger partial charge on any atom is 0.357 e. The van der Waals surface area contributed by atoms with E-state index in [1.807, 2.05) is 35.2 Å². The maximum absolute atomic E-state index is 12.6. The van der Waals surface area contributed by atoms with Gasteiger partial charge in [0.15, 0.2) is 5.69 Å². The molecule has 1 aliphatic heterocycles. The lowest BCUT2D eigenvalue weighted by molar-refractivity contribution is 0.0508. The van der Waals surface area contributed by atoms with Crippen molar-refractivity contribution in [3.05, 3.63) is 57.5 Å². The van der Waals surface area contributed by atoms with Crippen LogP contribution in [-0.4, -0.2) is 48.8 Å². The quantitative estimate of drug-likeness (QED) is 0.735. The Morgan fingerprint density at radius 3 is 2.67 bits per heavy atom. The molecular weight excluding hydrogens is 350 g/mol. The first-order valence-corrected chi connectivity index (χ1v) is 8.93. The first-order valence-electron chi connectivity index (χ1n) is 8.93.